The number of aliphatic hydroxyl groups excluding tert-OH is 1. The van der Waals surface area contributed by atoms with Crippen molar-refractivity contribution in [2.45, 2.75) is 26.1 Å². The molecule has 0 atom stereocenters. The highest BCUT2D eigenvalue weighted by Gasteiger charge is 2.23. The van der Waals surface area contributed by atoms with Crippen LogP contribution in [0.15, 0.2) is 30.4 Å². The Hall–Kier alpha value is -3.64. The number of benzene rings is 1. The zero-order chi connectivity index (χ0) is 23.5. The van der Waals surface area contributed by atoms with Gasteiger partial charge in [0, 0.05) is 37.7 Å². The third kappa shape index (κ3) is 7.56. The number of hydrogen-bond donors (Lipinski definition) is 2. The van der Waals surface area contributed by atoms with Crippen molar-refractivity contribution in [1.82, 2.24) is 10.2 Å². The van der Waals surface area contributed by atoms with Crippen molar-refractivity contribution < 1.29 is 38.7 Å². The lowest BCUT2D eigenvalue weighted by Crippen LogP contribution is -2.35. The summed E-state index contributed by atoms with van der Waals surface area (Å²) >= 11 is 0. The molecule has 0 fully saturated rings. The minimum atomic E-state index is -0.603. The number of carbonyl (C=O) groups excluding carboxylic acids is 4. The van der Waals surface area contributed by atoms with E-state index in [9.17, 15) is 34.4 Å². The maximum atomic E-state index is 11.8. The first-order chi connectivity index (χ1) is 15.3. The van der Waals surface area contributed by atoms with Crippen molar-refractivity contribution in [3.63, 3.8) is 0 Å². The predicted molar refractivity (Wildman–Crippen MR) is 108 cm³/mol. The number of imide groups is 1. The molecule has 1 heterocycles. The lowest BCUT2D eigenvalue weighted by molar-refractivity contribution is -0.385. The van der Waals surface area contributed by atoms with Gasteiger partial charge in [0.2, 0.25) is 5.91 Å². The highest BCUT2D eigenvalue weighted by atomic mass is 16.6. The topological polar surface area (TPSA) is 165 Å². The summed E-state index contributed by atoms with van der Waals surface area (Å²) in [5, 5.41) is 22.6. The van der Waals surface area contributed by atoms with Crippen molar-refractivity contribution in [3.05, 3.63) is 51.6 Å². The van der Waals surface area contributed by atoms with Crippen LogP contribution in [0.3, 0.4) is 0 Å². The number of rotatable bonds is 13. The Balaban J connectivity index is 1.55. The Bertz CT molecular complexity index is 896. The summed E-state index contributed by atoms with van der Waals surface area (Å²) in [6.07, 6.45) is 2.25. The summed E-state index contributed by atoms with van der Waals surface area (Å²) in [5.41, 5.74) is 0.423. The maximum absolute atomic E-state index is 11.8. The third-order valence-electron chi connectivity index (χ3n) is 4.39. The van der Waals surface area contributed by atoms with Crippen LogP contribution in [0.25, 0.3) is 0 Å². The van der Waals surface area contributed by atoms with E-state index in [0.717, 1.165) is 17.1 Å². The summed E-state index contributed by atoms with van der Waals surface area (Å²) in [5.74, 6) is -1.77. The number of hydrogen-bond acceptors (Lipinski definition) is 9. The van der Waals surface area contributed by atoms with Gasteiger partial charge in [0.05, 0.1) is 36.7 Å². The van der Waals surface area contributed by atoms with Crippen LogP contribution in [0.4, 0.5) is 5.69 Å². The molecule has 1 aliphatic rings. The standard InChI is InChI=1S/C20H23N3O9/c24-12-15-11-14(1-2-16(15)23(29)30)13-32-20(28)6-9-31-10-7-21-17(25)5-8-22-18(26)3-4-19(22)27/h1-4,11,24H,5-10,12-13H2,(H,21,25). The molecular formula is C20H23N3O9. The number of nitro benzene ring substituents is 1. The first-order valence-corrected chi connectivity index (χ1v) is 9.72. The van der Waals surface area contributed by atoms with Gasteiger partial charge in [-0.3, -0.25) is 34.2 Å². The van der Waals surface area contributed by atoms with Crippen molar-refractivity contribution >= 4 is 29.4 Å². The van der Waals surface area contributed by atoms with Crippen molar-refractivity contribution in [2.75, 3.05) is 26.3 Å². The van der Waals surface area contributed by atoms with Crippen LogP contribution in [-0.4, -0.2) is 64.9 Å². The second-order valence-electron chi connectivity index (χ2n) is 6.66. The van der Waals surface area contributed by atoms with Gasteiger partial charge < -0.3 is 19.9 Å². The fourth-order valence-corrected chi connectivity index (χ4v) is 2.74. The normalized spacial score (nSPS) is 12.8. The van der Waals surface area contributed by atoms with Crippen molar-refractivity contribution in [1.29, 1.82) is 0 Å². The van der Waals surface area contributed by atoms with Crippen LogP contribution in [0.1, 0.15) is 24.0 Å². The monoisotopic (exact) mass is 449 g/mol. The number of aliphatic hydroxyl groups is 1. The van der Waals surface area contributed by atoms with E-state index in [1.807, 2.05) is 0 Å². The summed E-state index contributed by atoms with van der Waals surface area (Å²) in [7, 11) is 0. The predicted octanol–water partition coefficient (Wildman–Crippen LogP) is -0.0317. The van der Waals surface area contributed by atoms with Gasteiger partial charge in [0.1, 0.15) is 6.61 Å². The summed E-state index contributed by atoms with van der Waals surface area (Å²) in [6.45, 7) is -0.187. The number of nitro groups is 1. The fraction of sp³-hybridized carbons (Fsp3) is 0.400. The van der Waals surface area contributed by atoms with Crippen molar-refractivity contribution in [2.24, 2.45) is 0 Å². The highest BCUT2D eigenvalue weighted by Crippen LogP contribution is 2.20. The summed E-state index contributed by atoms with van der Waals surface area (Å²) in [4.78, 5) is 57.4. The van der Waals surface area contributed by atoms with Gasteiger partial charge in [0.25, 0.3) is 17.5 Å². The first kappa shape index (κ1) is 24.6. The molecule has 2 N–H and O–H groups in total. The van der Waals surface area contributed by atoms with Crippen LogP contribution in [0.5, 0.6) is 0 Å². The molecule has 1 aliphatic heterocycles. The van der Waals surface area contributed by atoms with E-state index in [2.05, 4.69) is 5.32 Å². The van der Waals surface area contributed by atoms with Crippen molar-refractivity contribution in [3.8, 4) is 0 Å². The first-order valence-electron chi connectivity index (χ1n) is 9.72. The van der Waals surface area contributed by atoms with Crippen LogP contribution in [-0.2, 0) is 41.9 Å². The van der Waals surface area contributed by atoms with E-state index < -0.39 is 29.3 Å². The SMILES string of the molecule is O=C(CCN1C(=O)C=CC1=O)NCCOCCC(=O)OCc1ccc([N+](=O)[O-])c(CO)c1. The lowest BCUT2D eigenvalue weighted by Gasteiger charge is -2.13. The Labute approximate surface area is 182 Å². The molecule has 1 aromatic carbocycles. The van der Waals surface area contributed by atoms with Gasteiger partial charge in [-0.1, -0.05) is 0 Å². The van der Waals surface area contributed by atoms with E-state index in [1.165, 1.54) is 18.2 Å². The molecule has 12 nitrogen and oxygen atoms in total. The lowest BCUT2D eigenvalue weighted by atomic mass is 10.1. The fourth-order valence-electron chi connectivity index (χ4n) is 2.74. The Morgan fingerprint density at radius 3 is 2.50 bits per heavy atom. The molecule has 0 bridgehead atoms. The number of nitrogens with zero attached hydrogens (tertiary/aromatic N) is 2. The van der Waals surface area contributed by atoms with E-state index in [4.69, 9.17) is 9.47 Å². The largest absolute Gasteiger partial charge is 0.461 e. The molecule has 3 amide bonds. The molecule has 0 spiro atoms. The number of ether oxygens (including phenoxy) is 2. The minimum absolute atomic E-state index is 0.00223. The van der Waals surface area contributed by atoms with Gasteiger partial charge in [-0.05, 0) is 17.7 Å². The Morgan fingerprint density at radius 2 is 1.84 bits per heavy atom. The molecule has 0 unspecified atom stereocenters. The van der Waals surface area contributed by atoms with E-state index in [1.54, 1.807) is 0 Å². The molecular weight excluding hydrogens is 426 g/mol. The molecule has 0 radical (unpaired) electrons. The zero-order valence-corrected chi connectivity index (χ0v) is 17.2. The third-order valence-corrected chi connectivity index (χ3v) is 4.39. The second kappa shape index (κ2) is 12.3. The maximum Gasteiger partial charge on any atom is 0.308 e. The Kier molecular flexibility index (Phi) is 9.44. The van der Waals surface area contributed by atoms with Crippen LogP contribution >= 0.6 is 0 Å². The average molecular weight is 449 g/mol. The Morgan fingerprint density at radius 1 is 1.12 bits per heavy atom. The molecule has 0 aliphatic carbocycles. The molecule has 12 heteroatoms. The quantitative estimate of drug-likeness (QED) is 0.138. The van der Waals surface area contributed by atoms with Gasteiger partial charge >= 0.3 is 5.97 Å². The van der Waals surface area contributed by atoms with Gasteiger partial charge in [-0.2, -0.15) is 0 Å². The molecule has 0 saturated carbocycles. The second-order valence-corrected chi connectivity index (χ2v) is 6.66. The number of nitrogens with one attached hydrogen (secondary N) is 1. The number of carbonyl (C=O) groups is 4. The van der Waals surface area contributed by atoms with Crippen LogP contribution < -0.4 is 5.32 Å². The summed E-state index contributed by atoms with van der Waals surface area (Å²) < 4.78 is 10.3. The van der Waals surface area contributed by atoms with Gasteiger partial charge in [0.15, 0.2) is 0 Å². The zero-order valence-electron chi connectivity index (χ0n) is 17.2. The molecule has 0 saturated heterocycles. The van der Waals surface area contributed by atoms with E-state index >= 15 is 0 Å². The molecule has 32 heavy (non-hydrogen) atoms. The minimum Gasteiger partial charge on any atom is -0.461 e. The van der Waals surface area contributed by atoms with Crippen LogP contribution in [0, 0.1) is 10.1 Å². The molecule has 2 rings (SSSR count). The van der Waals surface area contributed by atoms with Crippen LogP contribution in [0.2, 0.25) is 0 Å². The van der Waals surface area contributed by atoms with Gasteiger partial charge in [-0.15, -0.1) is 0 Å². The molecule has 0 aromatic heterocycles. The molecule has 172 valence electrons. The average Bonchev–Trinajstić information content (AvgIpc) is 3.09. The number of esters is 1. The summed E-state index contributed by atoms with van der Waals surface area (Å²) in [6, 6.07) is 4.08. The van der Waals surface area contributed by atoms with Gasteiger partial charge in [-0.25, -0.2) is 0 Å². The molecule has 1 aromatic rings. The highest BCUT2D eigenvalue weighted by molar-refractivity contribution is 6.13. The smallest absolute Gasteiger partial charge is 0.308 e. The van der Waals surface area contributed by atoms with E-state index in [-0.39, 0.29) is 62.9 Å². The van der Waals surface area contributed by atoms with E-state index in [0.29, 0.717) is 5.56 Å². The number of amides is 3.